The van der Waals surface area contributed by atoms with Gasteiger partial charge in [-0.1, -0.05) is 30.8 Å². The number of carbonyl (C=O) groups excluding carboxylic acids is 2. The van der Waals surface area contributed by atoms with Crippen molar-refractivity contribution in [3.05, 3.63) is 77.5 Å². The molecule has 0 bridgehead atoms. The van der Waals surface area contributed by atoms with Crippen molar-refractivity contribution in [1.82, 2.24) is 15.7 Å². The maximum absolute atomic E-state index is 12.0. The Kier molecular flexibility index (Phi) is 9.38. The number of hydrogen-bond acceptors (Lipinski definition) is 6. The van der Waals surface area contributed by atoms with E-state index in [-0.39, 0.29) is 25.2 Å². The van der Waals surface area contributed by atoms with E-state index in [4.69, 9.17) is 15.3 Å². The minimum absolute atomic E-state index is 0.226. The second kappa shape index (κ2) is 12.2. The predicted octanol–water partition coefficient (Wildman–Crippen LogP) is 3.21. The Morgan fingerprint density at radius 3 is 2.48 bits per heavy atom. The van der Waals surface area contributed by atoms with Gasteiger partial charge < -0.3 is 21.1 Å². The molecule has 0 unspecified atom stereocenters. The van der Waals surface area contributed by atoms with E-state index in [1.807, 2.05) is 25.1 Å². The van der Waals surface area contributed by atoms with Gasteiger partial charge >= 0.3 is 12.0 Å². The molecule has 31 heavy (non-hydrogen) atoms. The van der Waals surface area contributed by atoms with Crippen molar-refractivity contribution in [1.29, 1.82) is 0 Å². The Balaban J connectivity index is 1.78. The molecule has 0 atom stereocenters. The van der Waals surface area contributed by atoms with E-state index in [1.54, 1.807) is 42.3 Å². The van der Waals surface area contributed by atoms with Gasteiger partial charge in [-0.15, -0.1) is 0 Å². The highest BCUT2D eigenvalue weighted by Crippen LogP contribution is 2.11. The minimum atomic E-state index is -0.365. The van der Waals surface area contributed by atoms with Crippen LogP contribution in [0.15, 0.2) is 60.8 Å². The molecule has 0 radical (unpaired) electrons. The molecule has 166 valence electrons. The number of hydroxylamine groups is 2. The van der Waals surface area contributed by atoms with Crippen LogP contribution >= 0.6 is 0 Å². The molecule has 0 fully saturated rings. The smallest absolute Gasteiger partial charge is 0.338 e. The van der Waals surface area contributed by atoms with E-state index >= 15 is 0 Å². The monoisotopic (exact) mass is 426 g/mol. The van der Waals surface area contributed by atoms with Crippen LogP contribution in [0.3, 0.4) is 0 Å². The average Bonchev–Trinajstić information content (AvgIpc) is 2.78. The Labute approximate surface area is 183 Å². The Morgan fingerprint density at radius 2 is 1.81 bits per heavy atom. The zero-order chi connectivity index (χ0) is 22.6. The second-order valence-electron chi connectivity index (χ2n) is 6.73. The zero-order valence-electron chi connectivity index (χ0n) is 18.0. The van der Waals surface area contributed by atoms with E-state index in [9.17, 15) is 9.59 Å². The Hall–Kier alpha value is -3.52. The Bertz CT molecular complexity index is 883. The number of nitrogens with two attached hydrogens (primary N) is 1. The molecule has 2 aromatic rings. The number of esters is 1. The van der Waals surface area contributed by atoms with Crippen LogP contribution in [0.5, 0.6) is 0 Å². The number of nitrogens with one attached hydrogen (secondary N) is 2. The number of rotatable bonds is 11. The standard InChI is InChI=1S/C23H30N4O4/c1-4-27(31-16-19-7-6-8-20(13-19)22(28)30-5-2)17(3)14-25-23(29)26-15-18-9-11-21(24)12-10-18/h6-13H,3-5,14-16,24H2,1-2H3,(H2,25,26,29). The molecule has 0 saturated carbocycles. The van der Waals surface area contributed by atoms with Gasteiger partial charge in [0.05, 0.1) is 31.0 Å². The number of urea groups is 1. The summed E-state index contributed by atoms with van der Waals surface area (Å²) in [6, 6.07) is 14.1. The molecule has 0 spiro atoms. The summed E-state index contributed by atoms with van der Waals surface area (Å²) in [6.07, 6.45) is 0. The molecule has 2 aromatic carbocycles. The molecule has 0 aromatic heterocycles. The van der Waals surface area contributed by atoms with Crippen molar-refractivity contribution in [3.63, 3.8) is 0 Å². The SMILES string of the molecule is C=C(CNC(=O)NCc1ccc(N)cc1)N(CC)OCc1cccc(C(=O)OCC)c1. The number of nitrogens with zero attached hydrogens (tertiary/aromatic N) is 1. The molecule has 2 amide bonds. The number of benzene rings is 2. The van der Waals surface area contributed by atoms with Crippen LogP contribution < -0.4 is 16.4 Å². The van der Waals surface area contributed by atoms with Gasteiger partial charge in [0.2, 0.25) is 0 Å². The van der Waals surface area contributed by atoms with Gasteiger partial charge in [-0.2, -0.15) is 0 Å². The van der Waals surface area contributed by atoms with E-state index in [1.165, 1.54) is 0 Å². The topological polar surface area (TPSA) is 106 Å². The molecule has 0 aliphatic carbocycles. The second-order valence-corrected chi connectivity index (χ2v) is 6.73. The van der Waals surface area contributed by atoms with Crippen LogP contribution in [-0.2, 0) is 22.7 Å². The first-order valence-corrected chi connectivity index (χ1v) is 10.1. The number of ether oxygens (including phenoxy) is 1. The minimum Gasteiger partial charge on any atom is -0.462 e. The van der Waals surface area contributed by atoms with Crippen molar-refractivity contribution in [2.75, 3.05) is 25.4 Å². The maximum Gasteiger partial charge on any atom is 0.338 e. The summed E-state index contributed by atoms with van der Waals surface area (Å²) >= 11 is 0. The molecular weight excluding hydrogens is 396 g/mol. The zero-order valence-corrected chi connectivity index (χ0v) is 18.0. The molecule has 0 saturated heterocycles. The molecule has 0 heterocycles. The van der Waals surface area contributed by atoms with Gasteiger partial charge in [0.15, 0.2) is 0 Å². The van der Waals surface area contributed by atoms with Crippen LogP contribution in [0.25, 0.3) is 0 Å². The molecule has 8 nitrogen and oxygen atoms in total. The summed E-state index contributed by atoms with van der Waals surface area (Å²) < 4.78 is 5.02. The first kappa shape index (κ1) is 23.8. The fourth-order valence-electron chi connectivity index (χ4n) is 2.71. The highest BCUT2D eigenvalue weighted by Gasteiger charge is 2.11. The summed E-state index contributed by atoms with van der Waals surface area (Å²) in [5.41, 5.74) is 9.19. The molecular formula is C23H30N4O4. The van der Waals surface area contributed by atoms with Crippen LogP contribution in [0.4, 0.5) is 10.5 Å². The van der Waals surface area contributed by atoms with E-state index in [0.717, 1.165) is 11.1 Å². The lowest BCUT2D eigenvalue weighted by atomic mass is 10.1. The van der Waals surface area contributed by atoms with Gasteiger partial charge in [0.1, 0.15) is 0 Å². The van der Waals surface area contributed by atoms with Crippen LogP contribution in [0.1, 0.15) is 35.3 Å². The lowest BCUT2D eigenvalue weighted by Gasteiger charge is -2.24. The maximum atomic E-state index is 12.0. The fraction of sp³-hybridized carbons (Fsp3) is 0.304. The van der Waals surface area contributed by atoms with Gasteiger partial charge in [-0.3, -0.25) is 9.90 Å². The van der Waals surface area contributed by atoms with Crippen molar-refractivity contribution in [3.8, 4) is 0 Å². The summed E-state index contributed by atoms with van der Waals surface area (Å²) in [4.78, 5) is 29.7. The molecule has 0 aliphatic heterocycles. The lowest BCUT2D eigenvalue weighted by molar-refractivity contribution is -0.139. The molecule has 2 rings (SSSR count). The average molecular weight is 427 g/mol. The van der Waals surface area contributed by atoms with Gasteiger partial charge in [0.25, 0.3) is 0 Å². The third-order valence-electron chi connectivity index (χ3n) is 4.35. The highest BCUT2D eigenvalue weighted by atomic mass is 16.7. The van der Waals surface area contributed by atoms with Gasteiger partial charge in [-0.05, 0) is 49.2 Å². The largest absolute Gasteiger partial charge is 0.462 e. The van der Waals surface area contributed by atoms with E-state index < -0.39 is 0 Å². The van der Waals surface area contributed by atoms with Gasteiger partial charge in [-0.25, -0.2) is 9.59 Å². The number of anilines is 1. The normalized spacial score (nSPS) is 10.3. The molecule has 8 heteroatoms. The van der Waals surface area contributed by atoms with Crippen molar-refractivity contribution in [2.45, 2.75) is 27.0 Å². The van der Waals surface area contributed by atoms with Crippen LogP contribution in [0, 0.1) is 0 Å². The Morgan fingerprint density at radius 1 is 1.06 bits per heavy atom. The van der Waals surface area contributed by atoms with Crippen LogP contribution in [-0.4, -0.2) is 36.8 Å². The lowest BCUT2D eigenvalue weighted by Crippen LogP contribution is -2.38. The van der Waals surface area contributed by atoms with Crippen molar-refractivity contribution < 1.29 is 19.2 Å². The number of nitrogen functional groups attached to an aromatic ring is 1. The highest BCUT2D eigenvalue weighted by molar-refractivity contribution is 5.89. The third kappa shape index (κ3) is 8.02. The summed E-state index contributed by atoms with van der Waals surface area (Å²) in [5.74, 6) is -0.365. The first-order valence-electron chi connectivity index (χ1n) is 10.1. The van der Waals surface area contributed by atoms with E-state index in [0.29, 0.717) is 36.6 Å². The summed E-state index contributed by atoms with van der Waals surface area (Å²) in [7, 11) is 0. The number of hydrogen-bond donors (Lipinski definition) is 3. The summed E-state index contributed by atoms with van der Waals surface area (Å²) in [5, 5.41) is 7.15. The number of likely N-dealkylation sites (N-methyl/N-ethyl adjacent to an activating group) is 1. The van der Waals surface area contributed by atoms with Gasteiger partial charge in [0, 0.05) is 18.8 Å². The first-order chi connectivity index (χ1) is 14.9. The summed E-state index contributed by atoms with van der Waals surface area (Å²) in [6.45, 7) is 9.40. The number of amides is 2. The third-order valence-corrected chi connectivity index (χ3v) is 4.35. The molecule has 0 aliphatic rings. The van der Waals surface area contributed by atoms with E-state index in [2.05, 4.69) is 17.2 Å². The van der Waals surface area contributed by atoms with Crippen molar-refractivity contribution in [2.24, 2.45) is 0 Å². The quantitative estimate of drug-likeness (QED) is 0.289. The fourth-order valence-corrected chi connectivity index (χ4v) is 2.71. The molecule has 4 N–H and O–H groups in total. The predicted molar refractivity (Wildman–Crippen MR) is 120 cm³/mol. The number of carbonyl (C=O) groups is 2. The van der Waals surface area contributed by atoms with Crippen LogP contribution in [0.2, 0.25) is 0 Å². The van der Waals surface area contributed by atoms with Crippen molar-refractivity contribution >= 4 is 17.7 Å².